The van der Waals surface area contributed by atoms with Crippen LogP contribution in [0.3, 0.4) is 0 Å². The minimum atomic E-state index is -0.335. The second-order valence-electron chi connectivity index (χ2n) is 8.85. The molecule has 4 rings (SSSR count). The molecule has 1 aromatic heterocycles. The number of amides is 2. The number of piperidine rings is 1. The van der Waals surface area contributed by atoms with Crippen molar-refractivity contribution in [2.75, 3.05) is 33.8 Å². The van der Waals surface area contributed by atoms with Gasteiger partial charge < -0.3 is 19.0 Å². The van der Waals surface area contributed by atoms with Gasteiger partial charge in [0.2, 0.25) is 0 Å². The van der Waals surface area contributed by atoms with Crippen LogP contribution in [0.4, 0.5) is 0 Å². The lowest BCUT2D eigenvalue weighted by Gasteiger charge is -2.34. The molecule has 8 nitrogen and oxygen atoms in total. The van der Waals surface area contributed by atoms with Crippen molar-refractivity contribution in [3.8, 4) is 5.75 Å². The molecule has 176 valence electrons. The van der Waals surface area contributed by atoms with E-state index in [1.165, 1.54) is 0 Å². The zero-order valence-electron chi connectivity index (χ0n) is 19.6. The zero-order valence-corrected chi connectivity index (χ0v) is 19.6. The molecule has 0 saturated carbocycles. The van der Waals surface area contributed by atoms with E-state index in [0.29, 0.717) is 17.9 Å². The number of fused-ring (bicyclic) bond motifs is 1. The summed E-state index contributed by atoms with van der Waals surface area (Å²) in [6.07, 6.45) is 4.24. The molecule has 1 fully saturated rings. The van der Waals surface area contributed by atoms with Gasteiger partial charge >= 0.3 is 0 Å². The molecule has 1 aliphatic heterocycles. The molecule has 2 aliphatic rings. The van der Waals surface area contributed by atoms with Crippen LogP contribution in [0.5, 0.6) is 5.75 Å². The van der Waals surface area contributed by atoms with Crippen LogP contribution in [0, 0.1) is 6.92 Å². The number of carbonyl (C=O) groups excluding carboxylic acids is 2. The Balaban J connectivity index is 1.44. The molecule has 2 heterocycles. The zero-order chi connectivity index (χ0) is 23.4. The number of carbonyl (C=O) groups is 2. The van der Waals surface area contributed by atoms with Crippen molar-refractivity contribution in [2.24, 2.45) is 5.10 Å². The lowest BCUT2D eigenvalue weighted by molar-refractivity contribution is -0.123. The first-order valence-electron chi connectivity index (χ1n) is 11.6. The van der Waals surface area contributed by atoms with Gasteiger partial charge in [-0.25, -0.2) is 5.43 Å². The first kappa shape index (κ1) is 23.0. The van der Waals surface area contributed by atoms with Gasteiger partial charge in [0.05, 0.1) is 5.71 Å². The summed E-state index contributed by atoms with van der Waals surface area (Å²) in [4.78, 5) is 29.6. The number of furan rings is 1. The Bertz CT molecular complexity index is 1020. The normalized spacial score (nSPS) is 18.1. The number of hydrogen-bond donors (Lipinski definition) is 1. The highest BCUT2D eigenvalue weighted by Crippen LogP contribution is 2.31. The highest BCUT2D eigenvalue weighted by Gasteiger charge is 2.32. The molecule has 1 aromatic carbocycles. The summed E-state index contributed by atoms with van der Waals surface area (Å²) in [5.74, 6) is 1.36. The third kappa shape index (κ3) is 5.27. The predicted octanol–water partition coefficient (Wildman–Crippen LogP) is 2.99. The van der Waals surface area contributed by atoms with Crippen LogP contribution < -0.4 is 10.2 Å². The lowest BCUT2D eigenvalue weighted by Crippen LogP contribution is -2.44. The van der Waals surface area contributed by atoms with Gasteiger partial charge in [0.15, 0.2) is 12.4 Å². The number of likely N-dealkylation sites (tertiary alicyclic amines) is 1. The minimum Gasteiger partial charge on any atom is -0.484 e. The summed E-state index contributed by atoms with van der Waals surface area (Å²) >= 11 is 0. The van der Waals surface area contributed by atoms with Crippen LogP contribution in [0.15, 0.2) is 39.9 Å². The molecule has 1 N–H and O–H groups in total. The van der Waals surface area contributed by atoms with E-state index in [1.54, 1.807) is 12.1 Å². The van der Waals surface area contributed by atoms with Crippen LogP contribution in [0.25, 0.3) is 0 Å². The van der Waals surface area contributed by atoms with Crippen LogP contribution in [-0.2, 0) is 11.2 Å². The van der Waals surface area contributed by atoms with E-state index in [-0.39, 0.29) is 24.5 Å². The second kappa shape index (κ2) is 10.2. The van der Waals surface area contributed by atoms with Gasteiger partial charge in [0, 0.05) is 30.6 Å². The van der Waals surface area contributed by atoms with E-state index < -0.39 is 0 Å². The number of ether oxygens (including phenoxy) is 1. The lowest BCUT2D eigenvalue weighted by atomic mass is 9.93. The Hall–Kier alpha value is -3.13. The number of nitrogens with zero attached hydrogens (tertiary/aromatic N) is 3. The summed E-state index contributed by atoms with van der Waals surface area (Å²) in [7, 11) is 3.97. The summed E-state index contributed by atoms with van der Waals surface area (Å²) < 4.78 is 11.5. The maximum absolute atomic E-state index is 13.2. The SMILES string of the molecule is Cc1c(C(=O)N(C)C2CCN(C)CC2)oc2c1/C(=N/NC(=O)COc1ccccc1)CCC2. The number of aryl methyl sites for hydroxylation is 1. The Morgan fingerprint density at radius 2 is 1.94 bits per heavy atom. The van der Waals surface area contributed by atoms with Gasteiger partial charge in [-0.15, -0.1) is 0 Å². The first-order valence-corrected chi connectivity index (χ1v) is 11.6. The van der Waals surface area contributed by atoms with Gasteiger partial charge in [-0.05, 0) is 64.9 Å². The number of nitrogens with one attached hydrogen (secondary N) is 1. The van der Waals surface area contributed by atoms with Crippen molar-refractivity contribution < 1.29 is 18.7 Å². The van der Waals surface area contributed by atoms with Gasteiger partial charge in [-0.2, -0.15) is 5.10 Å². The first-order chi connectivity index (χ1) is 15.9. The highest BCUT2D eigenvalue weighted by molar-refractivity contribution is 6.06. The molecule has 0 radical (unpaired) electrons. The van der Waals surface area contributed by atoms with E-state index in [0.717, 1.165) is 61.4 Å². The molecule has 0 bridgehead atoms. The summed E-state index contributed by atoms with van der Waals surface area (Å²) in [5, 5.41) is 4.36. The number of hydrogen-bond acceptors (Lipinski definition) is 6. The summed E-state index contributed by atoms with van der Waals surface area (Å²) in [6, 6.07) is 9.39. The summed E-state index contributed by atoms with van der Waals surface area (Å²) in [5.41, 5.74) is 4.98. The van der Waals surface area contributed by atoms with Crippen molar-refractivity contribution in [1.29, 1.82) is 0 Å². The fourth-order valence-corrected chi connectivity index (χ4v) is 4.52. The average Bonchev–Trinajstić information content (AvgIpc) is 3.18. The molecule has 1 saturated heterocycles. The summed E-state index contributed by atoms with van der Waals surface area (Å²) in [6.45, 7) is 3.75. The van der Waals surface area contributed by atoms with Crippen molar-refractivity contribution in [3.05, 3.63) is 53.0 Å². The Morgan fingerprint density at radius 1 is 1.21 bits per heavy atom. The third-order valence-corrected chi connectivity index (χ3v) is 6.50. The Labute approximate surface area is 194 Å². The van der Waals surface area contributed by atoms with Crippen LogP contribution in [-0.4, -0.2) is 67.2 Å². The average molecular weight is 453 g/mol. The van der Waals surface area contributed by atoms with Crippen molar-refractivity contribution in [3.63, 3.8) is 0 Å². The molecule has 1 aliphatic carbocycles. The van der Waals surface area contributed by atoms with Crippen LogP contribution in [0.1, 0.15) is 53.1 Å². The molecule has 2 aromatic rings. The number of benzene rings is 1. The Kier molecular flexibility index (Phi) is 7.13. The molecule has 0 atom stereocenters. The van der Waals surface area contributed by atoms with Gasteiger partial charge in [-0.3, -0.25) is 9.59 Å². The van der Waals surface area contributed by atoms with Crippen molar-refractivity contribution in [1.82, 2.24) is 15.2 Å². The van der Waals surface area contributed by atoms with Gasteiger partial charge in [0.1, 0.15) is 11.5 Å². The van der Waals surface area contributed by atoms with E-state index in [4.69, 9.17) is 9.15 Å². The monoisotopic (exact) mass is 452 g/mol. The van der Waals surface area contributed by atoms with E-state index in [9.17, 15) is 9.59 Å². The molecular formula is C25H32N4O4. The minimum absolute atomic E-state index is 0.0869. The fourth-order valence-electron chi connectivity index (χ4n) is 4.52. The number of para-hydroxylation sites is 1. The Morgan fingerprint density at radius 3 is 2.67 bits per heavy atom. The molecule has 2 amide bonds. The quantitative estimate of drug-likeness (QED) is 0.681. The van der Waals surface area contributed by atoms with Crippen molar-refractivity contribution >= 4 is 17.5 Å². The molecule has 33 heavy (non-hydrogen) atoms. The number of hydrazone groups is 1. The molecule has 0 unspecified atom stereocenters. The van der Waals surface area contributed by atoms with Crippen LogP contribution >= 0.6 is 0 Å². The highest BCUT2D eigenvalue weighted by atomic mass is 16.5. The maximum atomic E-state index is 13.2. The second-order valence-corrected chi connectivity index (χ2v) is 8.85. The topological polar surface area (TPSA) is 87.4 Å². The fraction of sp³-hybridized carbons (Fsp3) is 0.480. The van der Waals surface area contributed by atoms with E-state index >= 15 is 0 Å². The third-order valence-electron chi connectivity index (χ3n) is 6.50. The maximum Gasteiger partial charge on any atom is 0.289 e. The smallest absolute Gasteiger partial charge is 0.289 e. The molecular weight excluding hydrogens is 420 g/mol. The van der Waals surface area contributed by atoms with Gasteiger partial charge in [0.25, 0.3) is 11.8 Å². The predicted molar refractivity (Wildman–Crippen MR) is 126 cm³/mol. The molecule has 8 heteroatoms. The molecule has 0 spiro atoms. The van der Waals surface area contributed by atoms with E-state index in [1.807, 2.05) is 37.1 Å². The standard InChI is InChI=1S/C25H32N4O4/c1-17-23-20(26-27-22(30)16-32-19-8-5-4-6-9-19)10-7-11-21(23)33-24(17)25(31)29(3)18-12-14-28(2)15-13-18/h4-6,8-9,18H,7,10-16H2,1-3H3,(H,27,30)/b26-20+. The van der Waals surface area contributed by atoms with E-state index in [2.05, 4.69) is 22.5 Å². The number of rotatable bonds is 6. The van der Waals surface area contributed by atoms with Crippen LogP contribution in [0.2, 0.25) is 0 Å². The van der Waals surface area contributed by atoms with Gasteiger partial charge in [-0.1, -0.05) is 18.2 Å². The largest absolute Gasteiger partial charge is 0.484 e. The van der Waals surface area contributed by atoms with Crippen molar-refractivity contribution in [2.45, 2.75) is 45.1 Å².